The second-order valence-electron chi connectivity index (χ2n) is 7.24. The van der Waals surface area contributed by atoms with Gasteiger partial charge in [0.05, 0.1) is 13.7 Å². The molecule has 0 bridgehead atoms. The Balaban J connectivity index is 1.50. The Morgan fingerprint density at radius 1 is 0.967 bits per heavy atom. The van der Waals surface area contributed by atoms with Gasteiger partial charge in [-0.05, 0) is 65.7 Å². The number of ether oxygens (including phenoxy) is 2. The summed E-state index contributed by atoms with van der Waals surface area (Å²) in [6.45, 7) is 2.11. The van der Waals surface area contributed by atoms with Crippen LogP contribution in [0.1, 0.15) is 12.5 Å². The van der Waals surface area contributed by atoms with Crippen LogP contribution in [0.3, 0.4) is 0 Å². The molecule has 3 aromatic carbocycles. The standard InChI is InChI=1S/C23H21BrN2O4/c1-23(17-5-3-16-14-20(29-2)8-4-15(16)13-17)21(27)26(22(28)25-23)11-12-30-19-9-6-18(24)7-10-19/h3-10,13-14H,11-12H2,1-2H3,(H,25,28)/t23-/m0/s1. The van der Waals surface area contributed by atoms with Gasteiger partial charge in [-0.2, -0.15) is 0 Å². The summed E-state index contributed by atoms with van der Waals surface area (Å²) in [5, 5.41) is 4.81. The largest absolute Gasteiger partial charge is 0.497 e. The van der Waals surface area contributed by atoms with Crippen LogP contribution >= 0.6 is 15.9 Å². The summed E-state index contributed by atoms with van der Waals surface area (Å²) in [5.74, 6) is 1.15. The topological polar surface area (TPSA) is 67.9 Å². The molecule has 0 aromatic heterocycles. The van der Waals surface area contributed by atoms with Crippen LogP contribution in [0.25, 0.3) is 10.8 Å². The zero-order chi connectivity index (χ0) is 21.3. The highest BCUT2D eigenvalue weighted by Gasteiger charge is 2.48. The van der Waals surface area contributed by atoms with Gasteiger partial charge in [0.2, 0.25) is 0 Å². The normalized spacial score (nSPS) is 18.6. The molecule has 1 N–H and O–H groups in total. The Morgan fingerprint density at radius 2 is 1.63 bits per heavy atom. The number of methoxy groups -OCH3 is 1. The first-order chi connectivity index (χ1) is 14.4. The number of fused-ring (bicyclic) bond motifs is 1. The quantitative estimate of drug-likeness (QED) is 0.542. The maximum atomic E-state index is 13.1. The highest BCUT2D eigenvalue weighted by Crippen LogP contribution is 2.32. The van der Waals surface area contributed by atoms with Gasteiger partial charge in [0.15, 0.2) is 0 Å². The van der Waals surface area contributed by atoms with Gasteiger partial charge in [0.25, 0.3) is 5.91 Å². The molecule has 6 nitrogen and oxygen atoms in total. The number of halogens is 1. The molecule has 4 rings (SSSR count). The fraction of sp³-hybridized carbons (Fsp3) is 0.217. The van der Waals surface area contributed by atoms with Crippen molar-refractivity contribution >= 4 is 38.6 Å². The number of nitrogens with one attached hydrogen (secondary N) is 1. The van der Waals surface area contributed by atoms with Crippen LogP contribution in [0.2, 0.25) is 0 Å². The lowest BCUT2D eigenvalue weighted by Crippen LogP contribution is -2.41. The molecule has 0 saturated carbocycles. The van der Waals surface area contributed by atoms with Gasteiger partial charge in [-0.25, -0.2) is 4.79 Å². The molecule has 0 spiro atoms. The molecule has 0 radical (unpaired) electrons. The Hall–Kier alpha value is -3.06. The van der Waals surface area contributed by atoms with Crippen molar-refractivity contribution in [3.63, 3.8) is 0 Å². The van der Waals surface area contributed by atoms with Crippen LogP contribution in [-0.4, -0.2) is 37.1 Å². The third-order valence-electron chi connectivity index (χ3n) is 5.30. The number of imide groups is 1. The Morgan fingerprint density at radius 3 is 2.37 bits per heavy atom. The van der Waals surface area contributed by atoms with Gasteiger partial charge in [-0.15, -0.1) is 0 Å². The SMILES string of the molecule is COc1ccc2cc([C@]3(C)NC(=O)N(CCOc4ccc(Br)cc4)C3=O)ccc2c1. The minimum atomic E-state index is -1.12. The Bertz CT molecular complexity index is 1120. The van der Waals surface area contributed by atoms with E-state index in [1.165, 1.54) is 4.90 Å². The third kappa shape index (κ3) is 3.73. The predicted molar refractivity (Wildman–Crippen MR) is 118 cm³/mol. The molecule has 7 heteroatoms. The van der Waals surface area contributed by atoms with Crippen LogP contribution < -0.4 is 14.8 Å². The molecule has 0 aliphatic carbocycles. The number of carbonyl (C=O) groups is 2. The molecule has 1 aliphatic heterocycles. The first-order valence-electron chi connectivity index (χ1n) is 9.51. The van der Waals surface area contributed by atoms with Gasteiger partial charge in [0.1, 0.15) is 23.6 Å². The number of carbonyl (C=O) groups excluding carboxylic acids is 2. The Kier molecular flexibility index (Phi) is 5.39. The summed E-state index contributed by atoms with van der Waals surface area (Å²) in [4.78, 5) is 26.9. The molecule has 1 atom stereocenters. The van der Waals surface area contributed by atoms with E-state index in [1.807, 2.05) is 60.7 Å². The molecule has 3 aromatic rings. The number of rotatable bonds is 6. The lowest BCUT2D eigenvalue weighted by molar-refractivity contribution is -0.131. The lowest BCUT2D eigenvalue weighted by atomic mass is 9.90. The van der Waals surface area contributed by atoms with E-state index in [-0.39, 0.29) is 19.1 Å². The predicted octanol–water partition coefficient (Wildman–Crippen LogP) is 4.46. The number of amides is 3. The van der Waals surface area contributed by atoms with Crippen molar-refractivity contribution in [1.82, 2.24) is 10.2 Å². The molecule has 30 heavy (non-hydrogen) atoms. The minimum Gasteiger partial charge on any atom is -0.497 e. The number of hydrogen-bond donors (Lipinski definition) is 1. The smallest absolute Gasteiger partial charge is 0.325 e. The lowest BCUT2D eigenvalue weighted by Gasteiger charge is -2.23. The van der Waals surface area contributed by atoms with E-state index in [0.717, 1.165) is 26.6 Å². The van der Waals surface area contributed by atoms with E-state index < -0.39 is 11.6 Å². The second kappa shape index (κ2) is 7.99. The fourth-order valence-electron chi connectivity index (χ4n) is 3.54. The van der Waals surface area contributed by atoms with Crippen LogP contribution in [0.4, 0.5) is 4.79 Å². The highest BCUT2D eigenvalue weighted by molar-refractivity contribution is 9.10. The fourth-order valence-corrected chi connectivity index (χ4v) is 3.81. The molecule has 1 heterocycles. The van der Waals surface area contributed by atoms with Crippen molar-refractivity contribution < 1.29 is 19.1 Å². The molecular formula is C23H21BrN2O4. The summed E-state index contributed by atoms with van der Waals surface area (Å²) in [7, 11) is 1.62. The zero-order valence-corrected chi connectivity index (χ0v) is 18.2. The van der Waals surface area contributed by atoms with Crippen LogP contribution in [0.5, 0.6) is 11.5 Å². The summed E-state index contributed by atoms with van der Waals surface area (Å²) in [6, 6.07) is 18.4. The molecule has 1 saturated heterocycles. The zero-order valence-electron chi connectivity index (χ0n) is 16.6. The van der Waals surface area contributed by atoms with Crippen molar-refractivity contribution in [3.05, 3.63) is 70.7 Å². The van der Waals surface area contributed by atoms with Crippen LogP contribution in [-0.2, 0) is 10.3 Å². The average Bonchev–Trinajstić information content (AvgIpc) is 2.98. The molecule has 1 fully saturated rings. The molecular weight excluding hydrogens is 448 g/mol. The number of urea groups is 1. The van der Waals surface area contributed by atoms with Gasteiger partial charge in [-0.1, -0.05) is 34.1 Å². The van der Waals surface area contributed by atoms with Gasteiger partial charge >= 0.3 is 6.03 Å². The molecule has 1 aliphatic rings. The maximum Gasteiger partial charge on any atom is 0.325 e. The van der Waals surface area contributed by atoms with E-state index in [1.54, 1.807) is 14.0 Å². The molecule has 0 unspecified atom stereocenters. The van der Waals surface area contributed by atoms with Crippen molar-refractivity contribution in [1.29, 1.82) is 0 Å². The number of hydrogen-bond acceptors (Lipinski definition) is 4. The average molecular weight is 469 g/mol. The molecule has 154 valence electrons. The van der Waals surface area contributed by atoms with Crippen LogP contribution in [0.15, 0.2) is 65.1 Å². The van der Waals surface area contributed by atoms with Crippen molar-refractivity contribution in [2.24, 2.45) is 0 Å². The maximum absolute atomic E-state index is 13.1. The summed E-state index contributed by atoms with van der Waals surface area (Å²) >= 11 is 3.37. The summed E-state index contributed by atoms with van der Waals surface area (Å²) in [6.07, 6.45) is 0. The highest BCUT2D eigenvalue weighted by atomic mass is 79.9. The number of nitrogens with zero attached hydrogens (tertiary/aromatic N) is 1. The van der Waals surface area contributed by atoms with Gasteiger partial charge in [0, 0.05) is 4.47 Å². The first-order valence-corrected chi connectivity index (χ1v) is 10.3. The first kappa shape index (κ1) is 20.2. The van der Waals surface area contributed by atoms with E-state index >= 15 is 0 Å². The minimum absolute atomic E-state index is 0.168. The Labute approximate surface area is 182 Å². The van der Waals surface area contributed by atoms with Crippen molar-refractivity contribution in [2.45, 2.75) is 12.5 Å². The van der Waals surface area contributed by atoms with Gasteiger partial charge < -0.3 is 14.8 Å². The van der Waals surface area contributed by atoms with Crippen molar-refractivity contribution in [3.8, 4) is 11.5 Å². The summed E-state index contributed by atoms with van der Waals surface area (Å²) in [5.41, 5.74) is -0.391. The van der Waals surface area contributed by atoms with Gasteiger partial charge in [-0.3, -0.25) is 9.69 Å². The van der Waals surface area contributed by atoms with E-state index in [4.69, 9.17) is 9.47 Å². The van der Waals surface area contributed by atoms with Crippen molar-refractivity contribution in [2.75, 3.05) is 20.3 Å². The third-order valence-corrected chi connectivity index (χ3v) is 5.83. The molecule has 3 amide bonds. The van der Waals surface area contributed by atoms with E-state index in [9.17, 15) is 9.59 Å². The van der Waals surface area contributed by atoms with Crippen LogP contribution in [0, 0.1) is 0 Å². The monoisotopic (exact) mass is 468 g/mol. The van der Waals surface area contributed by atoms with E-state index in [2.05, 4.69) is 21.2 Å². The summed E-state index contributed by atoms with van der Waals surface area (Å²) < 4.78 is 11.9. The number of benzene rings is 3. The second-order valence-corrected chi connectivity index (χ2v) is 8.16. The van der Waals surface area contributed by atoms with E-state index in [0.29, 0.717) is 5.75 Å².